The van der Waals surface area contributed by atoms with Crippen LogP contribution < -0.4 is 10.6 Å². The van der Waals surface area contributed by atoms with Gasteiger partial charge in [-0.15, -0.1) is 22.7 Å². The van der Waals surface area contributed by atoms with E-state index < -0.39 is 23.6 Å². The zero-order valence-electron chi connectivity index (χ0n) is 14.9. The highest BCUT2D eigenvalue weighted by Crippen LogP contribution is 2.35. The van der Waals surface area contributed by atoms with E-state index in [2.05, 4.69) is 10.6 Å². The largest absolute Gasteiger partial charge is 0.465 e. The van der Waals surface area contributed by atoms with Gasteiger partial charge in [0, 0.05) is 0 Å². The summed E-state index contributed by atoms with van der Waals surface area (Å²) in [6, 6.07) is 9.12. The number of anilines is 2. The van der Waals surface area contributed by atoms with Crippen molar-refractivity contribution in [2.45, 2.75) is 6.92 Å². The lowest BCUT2D eigenvalue weighted by Gasteiger charge is -2.05. The Labute approximate surface area is 168 Å². The van der Waals surface area contributed by atoms with Gasteiger partial charge in [-0.2, -0.15) is 0 Å². The van der Waals surface area contributed by atoms with Crippen molar-refractivity contribution < 1.29 is 23.5 Å². The van der Waals surface area contributed by atoms with Crippen molar-refractivity contribution in [3.05, 3.63) is 68.5 Å². The number of rotatable bonds is 5. The van der Waals surface area contributed by atoms with Crippen molar-refractivity contribution in [1.82, 2.24) is 0 Å². The predicted molar refractivity (Wildman–Crippen MR) is 107 cm³/mol. The third kappa shape index (κ3) is 3.95. The number of thiophene rings is 2. The Bertz CT molecular complexity index is 1040. The summed E-state index contributed by atoms with van der Waals surface area (Å²) >= 11 is 2.17. The van der Waals surface area contributed by atoms with Crippen molar-refractivity contribution in [3.8, 4) is 0 Å². The summed E-state index contributed by atoms with van der Waals surface area (Å²) in [6.07, 6.45) is 0. The van der Waals surface area contributed by atoms with Gasteiger partial charge in [0.25, 0.3) is 11.8 Å². The van der Waals surface area contributed by atoms with E-state index in [0.717, 1.165) is 11.3 Å². The zero-order valence-corrected chi connectivity index (χ0v) is 16.5. The molecule has 0 aliphatic heterocycles. The Morgan fingerprint density at radius 2 is 1.79 bits per heavy atom. The van der Waals surface area contributed by atoms with Gasteiger partial charge in [-0.05, 0) is 36.1 Å². The number of methoxy groups -OCH3 is 1. The van der Waals surface area contributed by atoms with Crippen LogP contribution in [0.3, 0.4) is 0 Å². The number of amides is 2. The number of para-hydroxylation sites is 1. The van der Waals surface area contributed by atoms with E-state index in [1.165, 1.54) is 36.6 Å². The second-order valence-electron chi connectivity index (χ2n) is 5.62. The van der Waals surface area contributed by atoms with Crippen LogP contribution in [0.15, 0.2) is 41.8 Å². The van der Waals surface area contributed by atoms with Crippen molar-refractivity contribution in [2.75, 3.05) is 17.7 Å². The third-order valence-electron chi connectivity index (χ3n) is 3.84. The summed E-state index contributed by atoms with van der Waals surface area (Å²) < 4.78 is 18.6. The fraction of sp³-hybridized carbons (Fsp3) is 0.105. The van der Waals surface area contributed by atoms with E-state index in [1.807, 2.05) is 0 Å². The van der Waals surface area contributed by atoms with Gasteiger partial charge in [-0.1, -0.05) is 18.2 Å². The smallest absolute Gasteiger partial charge is 0.341 e. The summed E-state index contributed by atoms with van der Waals surface area (Å²) in [5.41, 5.74) is 0.451. The molecule has 0 fully saturated rings. The fourth-order valence-electron chi connectivity index (χ4n) is 2.48. The highest BCUT2D eigenvalue weighted by molar-refractivity contribution is 7.19. The Morgan fingerprint density at radius 1 is 1.04 bits per heavy atom. The standard InChI is InChI=1S/C19H15FN2O4S2/c1-10-14(19(25)26-2)18(22-16(23)13-8-5-9-27-13)28-15(10)17(24)21-12-7-4-3-6-11(12)20/h3-9H,1-2H3,(H,21,24)(H,22,23). The molecule has 0 aliphatic rings. The molecule has 144 valence electrons. The second kappa shape index (κ2) is 8.32. The van der Waals surface area contributed by atoms with Crippen LogP contribution in [0.1, 0.15) is 35.3 Å². The molecule has 28 heavy (non-hydrogen) atoms. The lowest BCUT2D eigenvalue weighted by atomic mass is 10.1. The average Bonchev–Trinajstić information content (AvgIpc) is 3.31. The maximum Gasteiger partial charge on any atom is 0.341 e. The van der Waals surface area contributed by atoms with Crippen LogP contribution in [0, 0.1) is 12.7 Å². The Kier molecular flexibility index (Phi) is 5.86. The molecule has 0 saturated carbocycles. The van der Waals surface area contributed by atoms with Crippen molar-refractivity contribution in [2.24, 2.45) is 0 Å². The van der Waals surface area contributed by atoms with Gasteiger partial charge >= 0.3 is 5.97 Å². The van der Waals surface area contributed by atoms with Gasteiger partial charge in [0.15, 0.2) is 0 Å². The lowest BCUT2D eigenvalue weighted by Crippen LogP contribution is -2.14. The normalized spacial score (nSPS) is 10.4. The van der Waals surface area contributed by atoms with Gasteiger partial charge < -0.3 is 15.4 Å². The van der Waals surface area contributed by atoms with Gasteiger partial charge in [0.05, 0.1) is 28.1 Å². The maximum atomic E-state index is 13.8. The van der Waals surface area contributed by atoms with Crippen LogP contribution in [0.4, 0.5) is 15.1 Å². The first kappa shape index (κ1) is 19.7. The number of carbonyl (C=O) groups excluding carboxylic acids is 3. The summed E-state index contributed by atoms with van der Waals surface area (Å²) in [6.45, 7) is 1.57. The highest BCUT2D eigenvalue weighted by atomic mass is 32.1. The molecule has 0 spiro atoms. The first-order valence-corrected chi connectivity index (χ1v) is 9.74. The summed E-state index contributed by atoms with van der Waals surface area (Å²) in [4.78, 5) is 37.9. The first-order chi connectivity index (χ1) is 13.4. The topological polar surface area (TPSA) is 84.5 Å². The molecule has 0 atom stereocenters. The van der Waals surface area contributed by atoms with E-state index >= 15 is 0 Å². The average molecular weight is 418 g/mol. The number of hydrogen-bond donors (Lipinski definition) is 2. The molecule has 2 amide bonds. The number of hydrogen-bond acceptors (Lipinski definition) is 6. The van der Waals surface area contributed by atoms with E-state index in [0.29, 0.717) is 10.4 Å². The SMILES string of the molecule is COC(=O)c1c(NC(=O)c2cccs2)sc(C(=O)Nc2ccccc2F)c1C. The number of carbonyl (C=O) groups is 3. The molecular formula is C19H15FN2O4S2. The third-order valence-corrected chi connectivity index (χ3v) is 5.91. The summed E-state index contributed by atoms with van der Waals surface area (Å²) in [5, 5.41) is 7.08. The van der Waals surface area contributed by atoms with Crippen LogP contribution in [0.2, 0.25) is 0 Å². The molecule has 2 N–H and O–H groups in total. The van der Waals surface area contributed by atoms with E-state index in [9.17, 15) is 18.8 Å². The van der Waals surface area contributed by atoms with Crippen LogP contribution in [-0.2, 0) is 4.74 Å². The quantitative estimate of drug-likeness (QED) is 0.596. The van der Waals surface area contributed by atoms with Crippen molar-refractivity contribution in [1.29, 1.82) is 0 Å². The van der Waals surface area contributed by atoms with Crippen molar-refractivity contribution >= 4 is 51.1 Å². The highest BCUT2D eigenvalue weighted by Gasteiger charge is 2.27. The molecule has 0 aliphatic carbocycles. The van der Waals surface area contributed by atoms with Crippen LogP contribution in [-0.4, -0.2) is 24.9 Å². The molecular weight excluding hydrogens is 403 g/mol. The minimum atomic E-state index is -0.680. The first-order valence-electron chi connectivity index (χ1n) is 8.04. The monoisotopic (exact) mass is 418 g/mol. The molecule has 0 bridgehead atoms. The summed E-state index contributed by atoms with van der Waals surface area (Å²) in [7, 11) is 1.21. The van der Waals surface area contributed by atoms with E-state index in [1.54, 1.807) is 30.5 Å². The number of esters is 1. The van der Waals surface area contributed by atoms with Crippen LogP contribution >= 0.6 is 22.7 Å². The van der Waals surface area contributed by atoms with Crippen LogP contribution in [0.5, 0.6) is 0 Å². The fourth-order valence-corrected chi connectivity index (χ4v) is 4.18. The van der Waals surface area contributed by atoms with Crippen LogP contribution in [0.25, 0.3) is 0 Å². The van der Waals surface area contributed by atoms with Crippen molar-refractivity contribution in [3.63, 3.8) is 0 Å². The Hall–Kier alpha value is -3.04. The predicted octanol–water partition coefficient (Wildman–Crippen LogP) is 4.55. The molecule has 0 saturated heterocycles. The molecule has 2 aromatic heterocycles. The molecule has 9 heteroatoms. The number of nitrogens with one attached hydrogen (secondary N) is 2. The second-order valence-corrected chi connectivity index (χ2v) is 7.59. The molecule has 1 aromatic carbocycles. The maximum absolute atomic E-state index is 13.8. The van der Waals surface area contributed by atoms with Gasteiger partial charge in [0.1, 0.15) is 10.8 Å². The number of halogens is 1. The molecule has 0 unspecified atom stereocenters. The minimum Gasteiger partial charge on any atom is -0.465 e. The molecule has 6 nitrogen and oxygen atoms in total. The lowest BCUT2D eigenvalue weighted by molar-refractivity contribution is 0.0601. The number of benzene rings is 1. The van der Waals surface area contributed by atoms with Gasteiger partial charge in [0.2, 0.25) is 0 Å². The van der Waals surface area contributed by atoms with E-state index in [4.69, 9.17) is 4.74 Å². The van der Waals surface area contributed by atoms with E-state index in [-0.39, 0.29) is 21.1 Å². The molecule has 2 heterocycles. The Morgan fingerprint density at radius 3 is 2.43 bits per heavy atom. The zero-order chi connectivity index (χ0) is 20.3. The van der Waals surface area contributed by atoms with Gasteiger partial charge in [-0.3, -0.25) is 9.59 Å². The molecule has 3 rings (SSSR count). The minimum absolute atomic E-state index is 0.0177. The Balaban J connectivity index is 1.94. The number of ether oxygens (including phenoxy) is 1. The summed E-state index contributed by atoms with van der Waals surface area (Å²) in [5.74, 6) is -2.25. The molecule has 3 aromatic rings. The van der Waals surface area contributed by atoms with Gasteiger partial charge in [-0.25, -0.2) is 9.18 Å². The molecule has 0 radical (unpaired) electrons.